The molecule has 0 spiro atoms. The highest BCUT2D eigenvalue weighted by Gasteiger charge is 2.10. The van der Waals surface area contributed by atoms with Crippen LogP contribution in [0.1, 0.15) is 15.9 Å². The number of nitrogens with zero attached hydrogens (tertiary/aromatic N) is 2. The van der Waals surface area contributed by atoms with E-state index >= 15 is 0 Å². The van der Waals surface area contributed by atoms with E-state index in [1.54, 1.807) is 23.9 Å². The molecule has 1 aromatic heterocycles. The van der Waals surface area contributed by atoms with E-state index < -0.39 is 0 Å². The van der Waals surface area contributed by atoms with Gasteiger partial charge < -0.3 is 0 Å². The Bertz CT molecular complexity index is 791. The number of rotatable bonds is 5. The van der Waals surface area contributed by atoms with E-state index in [4.69, 9.17) is 0 Å². The molecule has 116 valence electrons. The van der Waals surface area contributed by atoms with E-state index in [2.05, 4.69) is 50.2 Å². The summed E-state index contributed by atoms with van der Waals surface area (Å²) in [5, 5.41) is 11.4. The monoisotopic (exact) mass is 453 g/mol. The smallest absolute Gasteiger partial charge is 0.257 e. The van der Waals surface area contributed by atoms with Crippen molar-refractivity contribution in [2.45, 2.75) is 10.1 Å². The van der Waals surface area contributed by atoms with Gasteiger partial charge in [-0.2, -0.15) is 0 Å². The molecule has 1 heterocycles. The van der Waals surface area contributed by atoms with E-state index in [1.165, 1.54) is 16.9 Å². The summed E-state index contributed by atoms with van der Waals surface area (Å²) in [6.45, 7) is 0. The number of halogens is 1. The van der Waals surface area contributed by atoms with Gasteiger partial charge in [0.25, 0.3) is 5.91 Å². The second kappa shape index (κ2) is 7.89. The fraction of sp³-hybridized carbons (Fsp3) is 0.0625. The zero-order valence-corrected chi connectivity index (χ0v) is 15.7. The van der Waals surface area contributed by atoms with Gasteiger partial charge in [0, 0.05) is 14.9 Å². The van der Waals surface area contributed by atoms with Crippen molar-refractivity contribution >= 4 is 56.7 Å². The molecule has 0 aliphatic heterocycles. The average Bonchev–Trinajstić information content (AvgIpc) is 3.02. The lowest BCUT2D eigenvalue weighted by atomic mass is 10.2. The van der Waals surface area contributed by atoms with Gasteiger partial charge in [-0.15, -0.1) is 10.2 Å². The van der Waals surface area contributed by atoms with Gasteiger partial charge in [-0.1, -0.05) is 53.4 Å². The first kappa shape index (κ1) is 16.4. The van der Waals surface area contributed by atoms with Crippen LogP contribution in [-0.2, 0) is 5.75 Å². The molecular formula is C16H12IN3OS2. The van der Waals surface area contributed by atoms with Crippen LogP contribution in [0, 0.1) is 3.57 Å². The third-order valence-electron chi connectivity index (χ3n) is 2.94. The molecule has 0 fully saturated rings. The van der Waals surface area contributed by atoms with Crippen LogP contribution in [0.5, 0.6) is 0 Å². The van der Waals surface area contributed by atoms with Gasteiger partial charge in [-0.3, -0.25) is 10.1 Å². The van der Waals surface area contributed by atoms with Gasteiger partial charge >= 0.3 is 0 Å². The third kappa shape index (κ3) is 4.76. The Morgan fingerprint density at radius 1 is 1.09 bits per heavy atom. The highest BCUT2D eigenvalue weighted by molar-refractivity contribution is 14.1. The second-order valence-corrected chi connectivity index (χ2v) is 8.05. The van der Waals surface area contributed by atoms with Gasteiger partial charge in [0.15, 0.2) is 4.34 Å². The maximum absolute atomic E-state index is 12.1. The molecule has 2 aromatic carbocycles. The van der Waals surface area contributed by atoms with Crippen molar-refractivity contribution in [3.05, 3.63) is 69.3 Å². The SMILES string of the molecule is O=C(Nc1nnc(SCc2ccccc2)s1)c1ccc(I)cc1. The molecule has 4 nitrogen and oxygen atoms in total. The highest BCUT2D eigenvalue weighted by atomic mass is 127. The normalized spacial score (nSPS) is 10.5. The fourth-order valence-corrected chi connectivity index (χ4v) is 3.87. The number of aromatic nitrogens is 2. The van der Waals surface area contributed by atoms with Gasteiger partial charge in [-0.25, -0.2) is 0 Å². The summed E-state index contributed by atoms with van der Waals surface area (Å²) in [5.74, 6) is 0.665. The van der Waals surface area contributed by atoms with Crippen molar-refractivity contribution in [1.29, 1.82) is 0 Å². The molecule has 0 atom stereocenters. The molecule has 0 saturated heterocycles. The van der Waals surface area contributed by atoms with Crippen LogP contribution in [0.2, 0.25) is 0 Å². The van der Waals surface area contributed by atoms with Crippen LogP contribution in [0.4, 0.5) is 5.13 Å². The Labute approximate surface area is 155 Å². The van der Waals surface area contributed by atoms with Crippen LogP contribution in [0.25, 0.3) is 0 Å². The molecule has 0 aliphatic carbocycles. The summed E-state index contributed by atoms with van der Waals surface area (Å²) in [6.07, 6.45) is 0. The predicted octanol–water partition coefficient (Wildman–Crippen LogP) is 4.69. The fourth-order valence-electron chi connectivity index (χ4n) is 1.81. The standard InChI is InChI=1S/C16H12IN3OS2/c17-13-8-6-12(7-9-13)14(21)18-15-19-20-16(23-15)22-10-11-4-2-1-3-5-11/h1-9H,10H2,(H,18,19,21). The molecule has 0 aliphatic rings. The number of carbonyl (C=O) groups excluding carboxylic acids is 1. The summed E-state index contributed by atoms with van der Waals surface area (Å²) in [6, 6.07) is 17.6. The number of hydrogen-bond donors (Lipinski definition) is 1. The summed E-state index contributed by atoms with van der Waals surface area (Å²) >= 11 is 5.20. The van der Waals surface area contributed by atoms with Crippen molar-refractivity contribution in [2.75, 3.05) is 5.32 Å². The predicted molar refractivity (Wildman–Crippen MR) is 103 cm³/mol. The van der Waals surface area contributed by atoms with E-state index in [0.717, 1.165) is 13.7 Å². The molecule has 0 radical (unpaired) electrons. The summed E-state index contributed by atoms with van der Waals surface area (Å²) in [4.78, 5) is 12.1. The van der Waals surface area contributed by atoms with E-state index in [-0.39, 0.29) is 5.91 Å². The van der Waals surface area contributed by atoms with Gasteiger partial charge in [0.05, 0.1) is 0 Å². The van der Waals surface area contributed by atoms with Crippen LogP contribution in [0.3, 0.4) is 0 Å². The summed E-state index contributed by atoms with van der Waals surface area (Å²) in [7, 11) is 0. The van der Waals surface area contributed by atoms with Crippen molar-refractivity contribution in [3.63, 3.8) is 0 Å². The number of nitrogens with one attached hydrogen (secondary N) is 1. The molecule has 0 saturated carbocycles. The van der Waals surface area contributed by atoms with Gasteiger partial charge in [0.2, 0.25) is 5.13 Å². The molecule has 1 N–H and O–H groups in total. The Balaban J connectivity index is 1.58. The van der Waals surface area contributed by atoms with Crippen LogP contribution < -0.4 is 5.32 Å². The highest BCUT2D eigenvalue weighted by Crippen LogP contribution is 2.28. The molecule has 3 rings (SSSR count). The molecule has 23 heavy (non-hydrogen) atoms. The van der Waals surface area contributed by atoms with Crippen molar-refractivity contribution in [1.82, 2.24) is 10.2 Å². The van der Waals surface area contributed by atoms with Crippen molar-refractivity contribution in [2.24, 2.45) is 0 Å². The molecule has 0 bridgehead atoms. The van der Waals surface area contributed by atoms with Crippen LogP contribution in [0.15, 0.2) is 58.9 Å². The largest absolute Gasteiger partial charge is 0.296 e. The molecule has 3 aromatic rings. The summed E-state index contributed by atoms with van der Waals surface area (Å²) in [5.41, 5.74) is 1.84. The Morgan fingerprint density at radius 2 is 1.83 bits per heavy atom. The van der Waals surface area contributed by atoms with Gasteiger partial charge in [-0.05, 0) is 52.4 Å². The summed E-state index contributed by atoms with van der Waals surface area (Å²) < 4.78 is 1.93. The quantitative estimate of drug-likeness (QED) is 0.346. The average molecular weight is 453 g/mol. The number of amides is 1. The Morgan fingerprint density at radius 3 is 2.57 bits per heavy atom. The molecule has 1 amide bonds. The van der Waals surface area contributed by atoms with Crippen LogP contribution in [-0.4, -0.2) is 16.1 Å². The van der Waals surface area contributed by atoms with E-state index in [0.29, 0.717) is 10.7 Å². The van der Waals surface area contributed by atoms with E-state index in [1.807, 2.05) is 30.3 Å². The molecule has 7 heteroatoms. The lowest BCUT2D eigenvalue weighted by Crippen LogP contribution is -2.11. The number of thioether (sulfide) groups is 1. The lowest BCUT2D eigenvalue weighted by molar-refractivity contribution is 0.102. The number of anilines is 1. The van der Waals surface area contributed by atoms with Crippen molar-refractivity contribution < 1.29 is 4.79 Å². The zero-order valence-electron chi connectivity index (χ0n) is 11.9. The number of benzene rings is 2. The zero-order chi connectivity index (χ0) is 16.1. The number of carbonyl (C=O) groups is 1. The van der Waals surface area contributed by atoms with E-state index in [9.17, 15) is 4.79 Å². The molecular weight excluding hydrogens is 441 g/mol. The van der Waals surface area contributed by atoms with Crippen LogP contribution >= 0.6 is 45.7 Å². The minimum absolute atomic E-state index is 0.169. The maximum atomic E-state index is 12.1. The minimum atomic E-state index is -0.169. The Hall–Kier alpha value is -1.45. The topological polar surface area (TPSA) is 54.9 Å². The number of hydrogen-bond acceptors (Lipinski definition) is 5. The van der Waals surface area contributed by atoms with Crippen molar-refractivity contribution in [3.8, 4) is 0 Å². The lowest BCUT2D eigenvalue weighted by Gasteiger charge is -2.00. The first-order chi connectivity index (χ1) is 11.2. The molecule has 0 unspecified atom stereocenters. The first-order valence-corrected chi connectivity index (χ1v) is 9.66. The van der Waals surface area contributed by atoms with Gasteiger partial charge in [0.1, 0.15) is 0 Å². The first-order valence-electron chi connectivity index (χ1n) is 6.78. The third-order valence-corrected chi connectivity index (χ3v) is 5.70. The minimum Gasteiger partial charge on any atom is -0.296 e. The maximum Gasteiger partial charge on any atom is 0.257 e. The second-order valence-electron chi connectivity index (χ2n) is 4.61. The Kier molecular flexibility index (Phi) is 5.63.